The number of nitrogens with zero attached hydrogens (tertiary/aromatic N) is 1. The molecule has 1 amide bonds. The highest BCUT2D eigenvalue weighted by Crippen LogP contribution is 2.22. The fourth-order valence-corrected chi connectivity index (χ4v) is 1.98. The van der Waals surface area contributed by atoms with Crippen molar-refractivity contribution >= 4 is 11.9 Å². The fraction of sp³-hybridized carbons (Fsp3) is 0.800. The molecule has 0 saturated heterocycles. The summed E-state index contributed by atoms with van der Waals surface area (Å²) < 4.78 is 0. The molecule has 1 saturated carbocycles. The minimum absolute atomic E-state index is 0.217. The standard InChI is InChI=1S/C10H17NO4/c1-11(9(13)6-10(14)15)7-4-2-3-5-8(7)12/h7-8,12H,2-6H2,1H3,(H,14,15). The monoisotopic (exact) mass is 215 g/mol. The maximum Gasteiger partial charge on any atom is 0.312 e. The van der Waals surface area contributed by atoms with Crippen LogP contribution in [-0.2, 0) is 9.59 Å². The number of amides is 1. The van der Waals surface area contributed by atoms with E-state index in [-0.39, 0.29) is 6.04 Å². The number of aliphatic hydroxyl groups excluding tert-OH is 1. The van der Waals surface area contributed by atoms with Crippen LogP contribution in [-0.4, -0.2) is 46.2 Å². The van der Waals surface area contributed by atoms with Gasteiger partial charge in [-0.15, -0.1) is 0 Å². The predicted molar refractivity (Wildman–Crippen MR) is 53.3 cm³/mol. The van der Waals surface area contributed by atoms with Crippen molar-refractivity contribution in [1.29, 1.82) is 0 Å². The zero-order chi connectivity index (χ0) is 11.4. The molecule has 86 valence electrons. The van der Waals surface area contributed by atoms with Gasteiger partial charge in [-0.3, -0.25) is 9.59 Å². The zero-order valence-electron chi connectivity index (χ0n) is 8.85. The van der Waals surface area contributed by atoms with Crippen LogP contribution in [0.1, 0.15) is 32.1 Å². The van der Waals surface area contributed by atoms with Gasteiger partial charge in [-0.1, -0.05) is 12.8 Å². The van der Waals surface area contributed by atoms with Crippen LogP contribution in [0.15, 0.2) is 0 Å². The van der Waals surface area contributed by atoms with Crippen molar-refractivity contribution in [2.24, 2.45) is 0 Å². The molecule has 0 radical (unpaired) electrons. The van der Waals surface area contributed by atoms with Gasteiger partial charge in [-0.25, -0.2) is 0 Å². The molecule has 2 N–H and O–H groups in total. The molecule has 0 aliphatic heterocycles. The Labute approximate surface area is 88.7 Å². The highest BCUT2D eigenvalue weighted by molar-refractivity contribution is 5.93. The number of aliphatic carboxylic acids is 1. The lowest BCUT2D eigenvalue weighted by Crippen LogP contribution is -2.46. The zero-order valence-corrected chi connectivity index (χ0v) is 8.85. The van der Waals surface area contributed by atoms with Crippen molar-refractivity contribution in [2.75, 3.05) is 7.05 Å². The van der Waals surface area contributed by atoms with Crippen molar-refractivity contribution < 1.29 is 19.8 Å². The number of aliphatic hydroxyl groups is 1. The first kappa shape index (κ1) is 12.0. The van der Waals surface area contributed by atoms with E-state index >= 15 is 0 Å². The Morgan fingerprint density at radius 2 is 1.93 bits per heavy atom. The summed E-state index contributed by atoms with van der Waals surface area (Å²) >= 11 is 0. The summed E-state index contributed by atoms with van der Waals surface area (Å²) in [6.45, 7) is 0. The van der Waals surface area contributed by atoms with Gasteiger partial charge in [0.2, 0.25) is 5.91 Å². The van der Waals surface area contributed by atoms with Gasteiger partial charge >= 0.3 is 5.97 Å². The molecule has 1 aliphatic carbocycles. The number of likely N-dealkylation sites (N-methyl/N-ethyl adjacent to an activating group) is 1. The van der Waals surface area contributed by atoms with Crippen molar-refractivity contribution in [2.45, 2.75) is 44.2 Å². The number of rotatable bonds is 3. The van der Waals surface area contributed by atoms with Crippen molar-refractivity contribution in [1.82, 2.24) is 4.90 Å². The lowest BCUT2D eigenvalue weighted by atomic mass is 9.91. The molecule has 1 fully saturated rings. The van der Waals surface area contributed by atoms with Crippen LogP contribution in [0.2, 0.25) is 0 Å². The maximum atomic E-state index is 11.4. The molecule has 2 unspecified atom stereocenters. The Kier molecular flexibility index (Phi) is 4.08. The van der Waals surface area contributed by atoms with Gasteiger partial charge in [-0.2, -0.15) is 0 Å². The van der Waals surface area contributed by atoms with Crippen molar-refractivity contribution in [3.63, 3.8) is 0 Å². The Balaban J connectivity index is 2.53. The summed E-state index contributed by atoms with van der Waals surface area (Å²) in [4.78, 5) is 23.2. The third kappa shape index (κ3) is 3.20. The van der Waals surface area contributed by atoms with E-state index in [2.05, 4.69) is 0 Å². The SMILES string of the molecule is CN(C(=O)CC(=O)O)C1CCCCC1O. The second-order valence-corrected chi connectivity index (χ2v) is 3.99. The molecule has 0 bridgehead atoms. The molecular formula is C10H17NO4. The van der Waals surface area contributed by atoms with Crippen LogP contribution in [0.25, 0.3) is 0 Å². The summed E-state index contributed by atoms with van der Waals surface area (Å²) in [7, 11) is 1.56. The van der Waals surface area contributed by atoms with E-state index in [0.29, 0.717) is 6.42 Å². The maximum absolute atomic E-state index is 11.4. The molecule has 5 heteroatoms. The minimum atomic E-state index is -1.13. The van der Waals surface area contributed by atoms with E-state index < -0.39 is 24.4 Å². The number of carboxylic acids is 1. The Bertz CT molecular complexity index is 254. The van der Waals surface area contributed by atoms with Gasteiger partial charge in [0.15, 0.2) is 0 Å². The molecule has 0 spiro atoms. The normalized spacial score (nSPS) is 26.0. The lowest BCUT2D eigenvalue weighted by Gasteiger charge is -2.34. The summed E-state index contributed by atoms with van der Waals surface area (Å²) in [5.74, 6) is -1.56. The van der Waals surface area contributed by atoms with Gasteiger partial charge in [0.1, 0.15) is 6.42 Å². The average molecular weight is 215 g/mol. The van der Waals surface area contributed by atoms with Crippen molar-refractivity contribution in [3.8, 4) is 0 Å². The molecule has 0 aromatic carbocycles. The van der Waals surface area contributed by atoms with E-state index in [1.54, 1.807) is 7.05 Å². The molecule has 2 atom stereocenters. The number of hydrogen-bond acceptors (Lipinski definition) is 3. The molecule has 0 heterocycles. The first-order valence-electron chi connectivity index (χ1n) is 5.18. The van der Waals surface area contributed by atoms with E-state index in [9.17, 15) is 14.7 Å². The number of carbonyl (C=O) groups is 2. The third-order valence-electron chi connectivity index (χ3n) is 2.89. The van der Waals surface area contributed by atoms with E-state index in [0.717, 1.165) is 19.3 Å². The molecule has 15 heavy (non-hydrogen) atoms. The van der Waals surface area contributed by atoms with Crippen LogP contribution in [0.5, 0.6) is 0 Å². The topological polar surface area (TPSA) is 77.8 Å². The molecule has 5 nitrogen and oxygen atoms in total. The van der Waals surface area contributed by atoms with Gasteiger partial charge < -0.3 is 15.1 Å². The number of hydrogen-bond donors (Lipinski definition) is 2. The quantitative estimate of drug-likeness (QED) is 0.660. The van der Waals surface area contributed by atoms with E-state index in [1.165, 1.54) is 4.90 Å². The van der Waals surface area contributed by atoms with E-state index in [1.807, 2.05) is 0 Å². The predicted octanol–water partition coefficient (Wildman–Crippen LogP) is 0.223. The van der Waals surface area contributed by atoms with Crippen LogP contribution in [0.4, 0.5) is 0 Å². The van der Waals surface area contributed by atoms with E-state index in [4.69, 9.17) is 5.11 Å². The lowest BCUT2D eigenvalue weighted by molar-refractivity contribution is -0.146. The number of carboxylic acid groups (broad SMARTS) is 1. The van der Waals surface area contributed by atoms with Crippen LogP contribution in [0.3, 0.4) is 0 Å². The largest absolute Gasteiger partial charge is 0.481 e. The van der Waals surface area contributed by atoms with Gasteiger partial charge in [0, 0.05) is 7.05 Å². The molecular weight excluding hydrogens is 198 g/mol. The average Bonchev–Trinajstić information content (AvgIpc) is 2.16. The Morgan fingerprint density at radius 3 is 2.47 bits per heavy atom. The molecule has 1 rings (SSSR count). The highest BCUT2D eigenvalue weighted by Gasteiger charge is 2.29. The smallest absolute Gasteiger partial charge is 0.312 e. The molecule has 0 aromatic heterocycles. The van der Waals surface area contributed by atoms with Crippen LogP contribution < -0.4 is 0 Å². The Hall–Kier alpha value is -1.10. The first-order chi connectivity index (χ1) is 7.02. The second-order valence-electron chi connectivity index (χ2n) is 3.99. The molecule has 1 aliphatic rings. The van der Waals surface area contributed by atoms with Gasteiger partial charge in [0.05, 0.1) is 12.1 Å². The minimum Gasteiger partial charge on any atom is -0.481 e. The van der Waals surface area contributed by atoms with Gasteiger partial charge in [-0.05, 0) is 12.8 Å². The summed E-state index contributed by atoms with van der Waals surface area (Å²) in [5, 5.41) is 18.2. The number of carbonyl (C=O) groups excluding carboxylic acids is 1. The van der Waals surface area contributed by atoms with Crippen LogP contribution >= 0.6 is 0 Å². The Morgan fingerprint density at radius 1 is 1.33 bits per heavy atom. The highest BCUT2D eigenvalue weighted by atomic mass is 16.4. The third-order valence-corrected chi connectivity index (χ3v) is 2.89. The van der Waals surface area contributed by atoms with Crippen molar-refractivity contribution in [3.05, 3.63) is 0 Å². The summed E-state index contributed by atoms with van der Waals surface area (Å²) in [5.41, 5.74) is 0. The molecule has 0 aromatic rings. The summed E-state index contributed by atoms with van der Waals surface area (Å²) in [6, 6.07) is -0.217. The van der Waals surface area contributed by atoms with Gasteiger partial charge in [0.25, 0.3) is 0 Å². The first-order valence-corrected chi connectivity index (χ1v) is 5.18. The fourth-order valence-electron chi connectivity index (χ4n) is 1.98. The van der Waals surface area contributed by atoms with Crippen LogP contribution in [0, 0.1) is 0 Å². The summed E-state index contributed by atoms with van der Waals surface area (Å²) in [6.07, 6.45) is 2.38. The second kappa shape index (κ2) is 5.11.